The third kappa shape index (κ3) is 52.3. The number of nitrogens with zero attached hydrogens (tertiary/aromatic N) is 2. The van der Waals surface area contributed by atoms with E-state index in [-0.39, 0.29) is 0 Å². The molecule has 0 fully saturated rings. The molecule has 0 atom stereocenters. The molecule has 2 nitrogen and oxygen atoms in total. The highest BCUT2D eigenvalue weighted by Gasteiger charge is 2.12. The van der Waals surface area contributed by atoms with Crippen LogP contribution in [-0.4, -0.2) is 11.4 Å². The summed E-state index contributed by atoms with van der Waals surface area (Å²) < 4.78 is 0. The first-order valence-corrected chi connectivity index (χ1v) is 39.5. The maximum absolute atomic E-state index is 5.69. The number of benzene rings is 2. The Balaban J connectivity index is 2.03. The quantitative estimate of drug-likeness (QED) is 0.0358. The summed E-state index contributed by atoms with van der Waals surface area (Å²) in [6.45, 7) is 9.26. The predicted molar refractivity (Wildman–Crippen MR) is 397 cm³/mol. The fourth-order valence-corrected chi connectivity index (χ4v) is 12.8. The van der Waals surface area contributed by atoms with E-state index < -0.39 is 0 Å². The second kappa shape index (κ2) is 65.9. The molecule has 0 N–H and O–H groups in total. The molecule has 0 radical (unpaired) electrons. The Bertz CT molecular complexity index is 1880. The van der Waals surface area contributed by atoms with E-state index in [2.05, 4.69) is 113 Å². The normalized spacial score (nSPS) is 12.4. The number of para-hydroxylation sites is 2. The van der Waals surface area contributed by atoms with Crippen LogP contribution in [0, 0.1) is 0 Å². The van der Waals surface area contributed by atoms with Crippen molar-refractivity contribution < 1.29 is 0 Å². The van der Waals surface area contributed by atoms with Crippen LogP contribution < -0.4 is 0 Å². The lowest BCUT2D eigenvalue weighted by molar-refractivity contribution is 0.527. The van der Waals surface area contributed by atoms with Crippen LogP contribution in [0.3, 0.4) is 0 Å². The smallest absolute Gasteiger partial charge is 0.0848 e. The van der Waals surface area contributed by atoms with E-state index in [1.54, 1.807) is 0 Å². The standard InChI is InChI=1S/C85H148N2/c1-5-9-13-17-21-24-27-30-33-35-37-39-41-43-45-47-50-53-57-60-64-72-80-74-68-70-76-82(80)86-84(78-66-62-56-20-16-12-8-4)85(79-67-63-59-55-52-49-32-29-26-23-19-15-11-7-3)87-83-77-71-69-75-81(83)73-65-61-58-54-51-48-46-44-42-40-38-36-34-31-28-25-22-18-14-10-6-2/h57-58,60-61,66,68-71,74-78H,5-56,59,62-65,67,72-73,79H2,1-4H3/b60-57+,61-58+,78-66+,86-84?,87-85?. The molecule has 0 saturated heterocycles. The second-order valence-electron chi connectivity index (χ2n) is 27.2. The van der Waals surface area contributed by atoms with Gasteiger partial charge in [-0.2, -0.15) is 0 Å². The van der Waals surface area contributed by atoms with Crippen molar-refractivity contribution in [2.75, 3.05) is 0 Å². The van der Waals surface area contributed by atoms with E-state index in [9.17, 15) is 0 Å². The highest BCUT2D eigenvalue weighted by Crippen LogP contribution is 2.27. The third-order valence-electron chi connectivity index (χ3n) is 18.7. The van der Waals surface area contributed by atoms with Crippen molar-refractivity contribution in [3.05, 3.63) is 96.1 Å². The summed E-state index contributed by atoms with van der Waals surface area (Å²) in [5.74, 6) is 0. The Morgan fingerprint density at radius 2 is 0.494 bits per heavy atom. The van der Waals surface area contributed by atoms with Gasteiger partial charge in [-0.25, -0.2) is 4.99 Å². The molecule has 2 aromatic carbocycles. The molecule has 0 bridgehead atoms. The number of aryl methyl sites for hydroxylation is 2. The summed E-state index contributed by atoms with van der Waals surface area (Å²) in [6.07, 6.45) is 97.7. The first-order chi connectivity index (χ1) is 43.2. The van der Waals surface area contributed by atoms with Gasteiger partial charge in [0, 0.05) is 0 Å². The Morgan fingerprint density at radius 1 is 0.253 bits per heavy atom. The molecule has 0 aliphatic heterocycles. The molecule has 498 valence electrons. The Morgan fingerprint density at radius 3 is 0.805 bits per heavy atom. The molecule has 0 saturated carbocycles. The number of rotatable bonds is 67. The van der Waals surface area contributed by atoms with Crippen molar-refractivity contribution in [2.24, 2.45) is 9.98 Å². The SMILES string of the molecule is CCCCCCC/C=C/C(=Nc1ccccc1CC/C=C/CCCCCCCCCCCCCCCCCCC)C(CCCCCCCCCCCCCCCC)=Nc1ccccc1CC/C=C/CCCCCCCCCCCCCCCCCCC. The molecular weight excluding hydrogens is 1050 g/mol. The Kier molecular flexibility index (Phi) is 60.7. The summed E-state index contributed by atoms with van der Waals surface area (Å²) in [5, 5.41) is 0. The lowest BCUT2D eigenvalue weighted by atomic mass is 10.0. The minimum Gasteiger partial charge on any atom is -0.251 e. The number of hydrogen-bond acceptors (Lipinski definition) is 2. The van der Waals surface area contributed by atoms with E-state index in [4.69, 9.17) is 9.98 Å². The van der Waals surface area contributed by atoms with Crippen molar-refractivity contribution in [3.63, 3.8) is 0 Å². The molecular formula is C85H148N2. The lowest BCUT2D eigenvalue weighted by Crippen LogP contribution is -2.12. The van der Waals surface area contributed by atoms with E-state index in [0.717, 1.165) is 62.0 Å². The number of aliphatic imine (C=N–C) groups is 2. The molecule has 87 heavy (non-hydrogen) atoms. The molecule has 0 unspecified atom stereocenters. The van der Waals surface area contributed by atoms with Crippen LogP contribution in [0.4, 0.5) is 11.4 Å². The van der Waals surface area contributed by atoms with E-state index >= 15 is 0 Å². The fourth-order valence-electron chi connectivity index (χ4n) is 12.8. The first-order valence-electron chi connectivity index (χ1n) is 39.5. The minimum atomic E-state index is 0.968. The fraction of sp³-hybridized carbons (Fsp3) is 0.765. The van der Waals surface area contributed by atoms with Crippen LogP contribution in [0.2, 0.25) is 0 Å². The van der Waals surface area contributed by atoms with Gasteiger partial charge in [0.1, 0.15) is 0 Å². The number of hydrogen-bond donors (Lipinski definition) is 0. The van der Waals surface area contributed by atoms with Crippen molar-refractivity contribution in [2.45, 2.75) is 419 Å². The molecule has 2 heteroatoms. The largest absolute Gasteiger partial charge is 0.251 e. The topological polar surface area (TPSA) is 24.7 Å². The Labute approximate surface area is 545 Å². The predicted octanol–water partition coefficient (Wildman–Crippen LogP) is 30.4. The van der Waals surface area contributed by atoms with E-state index in [0.29, 0.717) is 0 Å². The van der Waals surface area contributed by atoms with Crippen LogP contribution in [0.1, 0.15) is 418 Å². The minimum absolute atomic E-state index is 0.968. The number of allylic oxidation sites excluding steroid dienone is 6. The van der Waals surface area contributed by atoms with Crippen molar-refractivity contribution >= 4 is 22.8 Å². The summed E-state index contributed by atoms with van der Waals surface area (Å²) in [5.41, 5.74) is 7.21. The molecule has 0 aromatic heterocycles. The van der Waals surface area contributed by atoms with Gasteiger partial charge in [0.05, 0.1) is 22.8 Å². The Hall–Kier alpha value is -3.00. The summed E-state index contributed by atoms with van der Waals surface area (Å²) in [6, 6.07) is 18.0. The van der Waals surface area contributed by atoms with Crippen molar-refractivity contribution in [1.29, 1.82) is 0 Å². The summed E-state index contributed by atoms with van der Waals surface area (Å²) >= 11 is 0. The lowest BCUT2D eigenvalue weighted by Gasteiger charge is -2.12. The molecule has 2 aromatic rings. The monoisotopic (exact) mass is 1200 g/mol. The highest BCUT2D eigenvalue weighted by atomic mass is 14.8. The second-order valence-corrected chi connectivity index (χ2v) is 27.2. The van der Waals surface area contributed by atoms with Crippen LogP contribution in [0.15, 0.2) is 95.0 Å². The zero-order valence-corrected chi connectivity index (χ0v) is 59.1. The van der Waals surface area contributed by atoms with Gasteiger partial charge in [-0.05, 0) is 106 Å². The number of unbranched alkanes of at least 4 members (excludes halogenated alkanes) is 52. The van der Waals surface area contributed by atoms with Gasteiger partial charge in [-0.3, -0.25) is 4.99 Å². The van der Waals surface area contributed by atoms with Gasteiger partial charge in [-0.15, -0.1) is 0 Å². The first kappa shape index (κ1) is 80.1. The average molecular weight is 1200 g/mol. The zero-order chi connectivity index (χ0) is 61.9. The van der Waals surface area contributed by atoms with Crippen molar-refractivity contribution in [1.82, 2.24) is 0 Å². The van der Waals surface area contributed by atoms with Crippen LogP contribution in [0.25, 0.3) is 0 Å². The van der Waals surface area contributed by atoms with Crippen LogP contribution >= 0.6 is 0 Å². The van der Waals surface area contributed by atoms with Crippen molar-refractivity contribution in [3.8, 4) is 0 Å². The van der Waals surface area contributed by atoms with E-state index in [1.165, 1.54) is 364 Å². The summed E-state index contributed by atoms with van der Waals surface area (Å²) in [7, 11) is 0. The van der Waals surface area contributed by atoms with Gasteiger partial charge in [0.15, 0.2) is 0 Å². The maximum Gasteiger partial charge on any atom is 0.0848 e. The maximum atomic E-state index is 5.69. The van der Waals surface area contributed by atoms with Gasteiger partial charge in [-0.1, -0.05) is 409 Å². The zero-order valence-electron chi connectivity index (χ0n) is 59.1. The average Bonchev–Trinajstić information content (AvgIpc) is 3.67. The van der Waals surface area contributed by atoms with E-state index in [1.807, 2.05) is 0 Å². The molecule has 2 rings (SSSR count). The molecule has 0 aliphatic carbocycles. The third-order valence-corrected chi connectivity index (χ3v) is 18.7. The molecule has 0 heterocycles. The van der Waals surface area contributed by atoms with Crippen LogP contribution in [-0.2, 0) is 12.8 Å². The molecule has 0 aliphatic rings. The molecule has 0 spiro atoms. The van der Waals surface area contributed by atoms with Gasteiger partial charge >= 0.3 is 0 Å². The highest BCUT2D eigenvalue weighted by molar-refractivity contribution is 6.47. The van der Waals surface area contributed by atoms with Gasteiger partial charge in [0.2, 0.25) is 0 Å². The van der Waals surface area contributed by atoms with Crippen LogP contribution in [0.5, 0.6) is 0 Å². The summed E-state index contributed by atoms with van der Waals surface area (Å²) in [4.78, 5) is 11.3. The van der Waals surface area contributed by atoms with Gasteiger partial charge < -0.3 is 0 Å². The molecule has 0 amide bonds. The van der Waals surface area contributed by atoms with Gasteiger partial charge in [0.25, 0.3) is 0 Å².